The van der Waals surface area contributed by atoms with Gasteiger partial charge in [0.25, 0.3) is 0 Å². The van der Waals surface area contributed by atoms with Crippen molar-refractivity contribution in [1.82, 2.24) is 10.4 Å². The highest BCUT2D eigenvalue weighted by molar-refractivity contribution is 6.73. The zero-order valence-corrected chi connectivity index (χ0v) is 16.0. The predicted octanol–water partition coefficient (Wildman–Crippen LogP) is 0.993. The zero-order valence-electron chi connectivity index (χ0n) is 16.0. The van der Waals surface area contributed by atoms with Gasteiger partial charge in [-0.25, -0.2) is 14.6 Å². The molecule has 0 saturated carbocycles. The summed E-state index contributed by atoms with van der Waals surface area (Å²) in [6.07, 6.45) is -0.635. The van der Waals surface area contributed by atoms with Crippen LogP contribution in [-0.2, 0) is 14.3 Å². The van der Waals surface area contributed by atoms with Crippen LogP contribution in [0.5, 0.6) is 0 Å². The van der Waals surface area contributed by atoms with Gasteiger partial charge in [-0.1, -0.05) is 0 Å². The Morgan fingerprint density at radius 1 is 1.29 bits per heavy atom. The quantitative estimate of drug-likeness (QED) is 0.757. The molecule has 2 aliphatic rings. The van der Waals surface area contributed by atoms with Gasteiger partial charge in [0.2, 0.25) is 13.2 Å². The monoisotopic (exact) mass is 389 g/mol. The van der Waals surface area contributed by atoms with Crippen LogP contribution in [0.4, 0.5) is 20.6 Å². The normalized spacial score (nSPS) is 20.0. The van der Waals surface area contributed by atoms with Gasteiger partial charge in [-0.15, -0.1) is 0 Å². The molecule has 1 radical (unpaired) electrons. The van der Waals surface area contributed by atoms with Crippen LogP contribution >= 0.6 is 0 Å². The Morgan fingerprint density at radius 2 is 2.07 bits per heavy atom. The van der Waals surface area contributed by atoms with E-state index in [-0.39, 0.29) is 18.1 Å². The summed E-state index contributed by atoms with van der Waals surface area (Å²) in [5.74, 6) is -0.526. The minimum absolute atomic E-state index is 0.0817. The van der Waals surface area contributed by atoms with Gasteiger partial charge in [0.1, 0.15) is 11.9 Å². The molecule has 1 N–H and O–H groups in total. The van der Waals surface area contributed by atoms with E-state index in [9.17, 15) is 18.8 Å². The van der Waals surface area contributed by atoms with Crippen molar-refractivity contribution in [2.45, 2.75) is 26.3 Å². The van der Waals surface area contributed by atoms with Gasteiger partial charge in [-0.05, 0) is 31.4 Å². The van der Waals surface area contributed by atoms with E-state index in [4.69, 9.17) is 4.74 Å². The first-order chi connectivity index (χ1) is 13.3. The number of nitrogens with one attached hydrogen (secondary N) is 1. The first kappa shape index (κ1) is 20.1. The molecular formula is C18H23BFN4O4. The first-order valence-electron chi connectivity index (χ1n) is 9.23. The highest BCUT2D eigenvalue weighted by Crippen LogP contribution is 2.28. The molecule has 3 rings (SSSR count). The van der Waals surface area contributed by atoms with E-state index in [1.165, 1.54) is 37.1 Å². The molecule has 8 nitrogen and oxygen atoms in total. The Labute approximate surface area is 163 Å². The highest BCUT2D eigenvalue weighted by Gasteiger charge is 2.33. The van der Waals surface area contributed by atoms with Crippen molar-refractivity contribution in [2.24, 2.45) is 0 Å². The van der Waals surface area contributed by atoms with E-state index < -0.39 is 18.0 Å². The van der Waals surface area contributed by atoms with Crippen LogP contribution in [0.1, 0.15) is 13.8 Å². The Balaban J connectivity index is 1.68. The number of ether oxygens (including phenoxy) is 1. The van der Waals surface area contributed by atoms with Gasteiger partial charge in [-0.2, -0.15) is 0 Å². The second kappa shape index (κ2) is 8.60. The molecule has 0 bridgehead atoms. The van der Waals surface area contributed by atoms with Gasteiger partial charge in [0.05, 0.1) is 30.1 Å². The average molecular weight is 389 g/mol. The second-order valence-electron chi connectivity index (χ2n) is 6.87. The van der Waals surface area contributed by atoms with Crippen molar-refractivity contribution in [2.75, 3.05) is 42.5 Å². The van der Waals surface area contributed by atoms with Gasteiger partial charge in [-0.3, -0.25) is 14.7 Å². The summed E-state index contributed by atoms with van der Waals surface area (Å²) in [4.78, 5) is 37.9. The Hall–Kier alpha value is -2.62. The second-order valence-corrected chi connectivity index (χ2v) is 6.87. The third-order valence-corrected chi connectivity index (χ3v) is 4.78. The first-order valence-corrected chi connectivity index (χ1v) is 9.23. The van der Waals surface area contributed by atoms with Crippen molar-refractivity contribution in [3.05, 3.63) is 24.0 Å². The Morgan fingerprint density at radius 3 is 2.75 bits per heavy atom. The van der Waals surface area contributed by atoms with E-state index in [0.29, 0.717) is 43.9 Å². The van der Waals surface area contributed by atoms with Crippen LogP contribution in [0.2, 0.25) is 6.32 Å². The topological polar surface area (TPSA) is 82.2 Å². The summed E-state index contributed by atoms with van der Waals surface area (Å²) in [5, 5.41) is 1.52. The molecule has 28 heavy (non-hydrogen) atoms. The number of carbonyl (C=O) groups excluding carboxylic acids is 3. The molecule has 2 aliphatic heterocycles. The lowest BCUT2D eigenvalue weighted by Gasteiger charge is -2.24. The minimum Gasteiger partial charge on any atom is -0.445 e. The standard InChI is InChI=1S/C18H23BFN4O4/c1-12(25)19-10-15-11-23(18(27)28-15)14-3-4-17(16(20)9-14)22-6-5-21-24(8-7-22)13(2)26/h3-4,9,15,21H,5-8,10-11H2,1-2H3/t15-/m0/s1. The summed E-state index contributed by atoms with van der Waals surface area (Å²) in [6, 6.07) is 4.63. The maximum Gasteiger partial charge on any atom is 0.414 e. The number of benzene rings is 1. The van der Waals surface area contributed by atoms with Crippen molar-refractivity contribution >= 4 is 36.3 Å². The molecule has 10 heteroatoms. The van der Waals surface area contributed by atoms with E-state index in [2.05, 4.69) is 5.43 Å². The number of rotatable bonds is 5. The predicted molar refractivity (Wildman–Crippen MR) is 103 cm³/mol. The summed E-state index contributed by atoms with van der Waals surface area (Å²) in [6.45, 7) is 5.21. The van der Waals surface area contributed by atoms with Crippen LogP contribution in [0.25, 0.3) is 0 Å². The maximum atomic E-state index is 14.8. The van der Waals surface area contributed by atoms with Gasteiger partial charge in [0, 0.05) is 26.6 Å². The number of cyclic esters (lactones) is 1. The summed E-state index contributed by atoms with van der Waals surface area (Å²) >= 11 is 0. The molecule has 2 amide bonds. The molecule has 0 unspecified atom stereocenters. The molecule has 2 heterocycles. The summed E-state index contributed by atoms with van der Waals surface area (Å²) < 4.78 is 20.0. The highest BCUT2D eigenvalue weighted by atomic mass is 19.1. The summed E-state index contributed by atoms with van der Waals surface area (Å²) in [7, 11) is 1.48. The van der Waals surface area contributed by atoms with E-state index in [0.717, 1.165) is 0 Å². The summed E-state index contributed by atoms with van der Waals surface area (Å²) in [5.41, 5.74) is 3.76. The fourth-order valence-corrected chi connectivity index (χ4v) is 3.31. The fourth-order valence-electron chi connectivity index (χ4n) is 3.31. The van der Waals surface area contributed by atoms with Crippen molar-refractivity contribution in [3.63, 3.8) is 0 Å². The number of halogens is 1. The number of amides is 2. The average Bonchev–Trinajstić information content (AvgIpc) is 2.85. The lowest BCUT2D eigenvalue weighted by Crippen LogP contribution is -2.42. The molecule has 1 aromatic carbocycles. The molecule has 1 aromatic rings. The van der Waals surface area contributed by atoms with Crippen LogP contribution in [0, 0.1) is 5.82 Å². The fraction of sp³-hybridized carbons (Fsp3) is 0.500. The van der Waals surface area contributed by atoms with Crippen molar-refractivity contribution < 1.29 is 23.5 Å². The van der Waals surface area contributed by atoms with Gasteiger partial charge in [0.15, 0.2) is 0 Å². The molecule has 2 saturated heterocycles. The Bertz CT molecular complexity index is 778. The third kappa shape index (κ3) is 4.62. The van der Waals surface area contributed by atoms with Gasteiger partial charge < -0.3 is 14.4 Å². The molecule has 2 fully saturated rings. The SMILES string of the molecule is CC(=O)[B]C[C@H]1CN(c2ccc(N3CCNN(C(C)=O)CC3)c(F)c2)C(=O)O1. The van der Waals surface area contributed by atoms with Crippen molar-refractivity contribution in [1.29, 1.82) is 0 Å². The number of hydrazine groups is 1. The molecule has 0 aliphatic carbocycles. The van der Waals surface area contributed by atoms with E-state index in [1.807, 2.05) is 4.90 Å². The minimum atomic E-state index is -0.551. The van der Waals surface area contributed by atoms with E-state index >= 15 is 0 Å². The lowest BCUT2D eigenvalue weighted by atomic mass is 9.69. The number of nitrogens with zero attached hydrogens (tertiary/aromatic N) is 3. The Kier molecular flexibility index (Phi) is 6.18. The number of anilines is 2. The number of hydrogen-bond donors (Lipinski definition) is 1. The van der Waals surface area contributed by atoms with Crippen LogP contribution in [0.15, 0.2) is 18.2 Å². The number of carbonyl (C=O) groups is 3. The molecule has 149 valence electrons. The van der Waals surface area contributed by atoms with E-state index in [1.54, 1.807) is 12.1 Å². The lowest BCUT2D eigenvalue weighted by molar-refractivity contribution is -0.131. The van der Waals surface area contributed by atoms with Crippen LogP contribution in [-0.4, -0.2) is 68.8 Å². The molecule has 1 atom stereocenters. The molecular weight excluding hydrogens is 366 g/mol. The van der Waals surface area contributed by atoms with Crippen LogP contribution < -0.4 is 15.2 Å². The van der Waals surface area contributed by atoms with Crippen molar-refractivity contribution in [3.8, 4) is 0 Å². The zero-order chi connectivity index (χ0) is 20.3. The smallest absolute Gasteiger partial charge is 0.414 e. The number of hydrogen-bond acceptors (Lipinski definition) is 6. The maximum absolute atomic E-state index is 14.8. The van der Waals surface area contributed by atoms with Crippen LogP contribution in [0.3, 0.4) is 0 Å². The molecule has 0 aromatic heterocycles. The van der Waals surface area contributed by atoms with Gasteiger partial charge >= 0.3 is 6.09 Å². The molecule has 0 spiro atoms. The third-order valence-electron chi connectivity index (χ3n) is 4.78. The largest absolute Gasteiger partial charge is 0.445 e.